The number of urea groups is 1. The minimum absolute atomic E-state index is 0.0282. The second kappa shape index (κ2) is 11.2. The second-order valence-electron chi connectivity index (χ2n) is 8.50. The fourth-order valence-electron chi connectivity index (χ4n) is 4.02. The molecular weight excluding hydrogens is 567 g/mol. The number of carbonyl (C=O) groups excluding carboxylic acids is 1. The Morgan fingerprint density at radius 1 is 0.821 bits per heavy atom. The molecule has 0 radical (unpaired) electrons. The fourth-order valence-corrected chi connectivity index (χ4v) is 4.37. The van der Waals surface area contributed by atoms with Crippen LogP contribution in [-0.4, -0.2) is 11.0 Å². The van der Waals surface area contributed by atoms with E-state index in [1.807, 2.05) is 0 Å². The SMILES string of the molecule is O=C(Nc1cccc(F)c1)NC(Cc1ccc(F)cc1Cl)(c1cc(F)cc(C(F)(F)F)c1)c1ccc(Cl)cn1. The molecule has 2 amide bonds. The van der Waals surface area contributed by atoms with Gasteiger partial charge in [0.15, 0.2) is 0 Å². The average Bonchev–Trinajstić information content (AvgIpc) is 2.84. The van der Waals surface area contributed by atoms with Crippen molar-refractivity contribution in [1.29, 1.82) is 0 Å². The highest BCUT2D eigenvalue weighted by Crippen LogP contribution is 2.39. The highest BCUT2D eigenvalue weighted by molar-refractivity contribution is 6.31. The van der Waals surface area contributed by atoms with Gasteiger partial charge in [0.2, 0.25) is 0 Å². The third-order valence-corrected chi connectivity index (χ3v) is 6.34. The van der Waals surface area contributed by atoms with Crippen LogP contribution in [0.5, 0.6) is 0 Å². The van der Waals surface area contributed by atoms with Gasteiger partial charge >= 0.3 is 12.2 Å². The quantitative estimate of drug-likeness (QED) is 0.225. The number of rotatable bonds is 6. The van der Waals surface area contributed by atoms with Gasteiger partial charge in [-0.15, -0.1) is 0 Å². The van der Waals surface area contributed by atoms with Gasteiger partial charge in [-0.05, 0) is 71.8 Å². The van der Waals surface area contributed by atoms with E-state index in [4.69, 9.17) is 23.2 Å². The van der Waals surface area contributed by atoms with Gasteiger partial charge in [-0.25, -0.2) is 18.0 Å². The number of carbonyl (C=O) groups is 1. The Kier molecular flexibility index (Phi) is 8.08. The predicted molar refractivity (Wildman–Crippen MR) is 135 cm³/mol. The predicted octanol–water partition coefficient (Wildman–Crippen LogP) is 8.13. The number of pyridine rings is 1. The van der Waals surface area contributed by atoms with E-state index in [0.29, 0.717) is 12.1 Å². The van der Waals surface area contributed by atoms with Gasteiger partial charge in [-0.2, -0.15) is 13.2 Å². The van der Waals surface area contributed by atoms with E-state index in [-0.39, 0.29) is 32.6 Å². The van der Waals surface area contributed by atoms with Crippen molar-refractivity contribution in [2.45, 2.75) is 18.1 Å². The van der Waals surface area contributed by atoms with Crippen molar-refractivity contribution < 1.29 is 31.1 Å². The lowest BCUT2D eigenvalue weighted by molar-refractivity contribution is -0.137. The molecule has 4 rings (SSSR count). The molecule has 0 bridgehead atoms. The van der Waals surface area contributed by atoms with E-state index in [9.17, 15) is 31.1 Å². The number of hydrogen-bond donors (Lipinski definition) is 2. The number of amides is 2. The summed E-state index contributed by atoms with van der Waals surface area (Å²) in [6.45, 7) is 0. The number of anilines is 1. The van der Waals surface area contributed by atoms with Gasteiger partial charge in [-0.1, -0.05) is 35.3 Å². The minimum atomic E-state index is -4.94. The molecule has 39 heavy (non-hydrogen) atoms. The molecule has 0 aliphatic carbocycles. The average molecular weight is 584 g/mol. The second-order valence-corrected chi connectivity index (χ2v) is 9.34. The van der Waals surface area contributed by atoms with Crippen LogP contribution in [0.15, 0.2) is 79.0 Å². The molecule has 0 spiro atoms. The molecule has 202 valence electrons. The molecule has 1 aromatic heterocycles. The Morgan fingerprint density at radius 3 is 2.18 bits per heavy atom. The van der Waals surface area contributed by atoms with Crippen molar-refractivity contribution in [3.05, 3.63) is 129 Å². The molecule has 1 heterocycles. The van der Waals surface area contributed by atoms with Crippen molar-refractivity contribution in [3.8, 4) is 0 Å². The number of aromatic nitrogens is 1. The van der Waals surface area contributed by atoms with E-state index >= 15 is 0 Å². The third-order valence-electron chi connectivity index (χ3n) is 5.76. The number of hydrogen-bond acceptors (Lipinski definition) is 2. The van der Waals surface area contributed by atoms with Crippen LogP contribution < -0.4 is 10.6 Å². The molecule has 4 aromatic rings. The molecule has 0 saturated carbocycles. The first-order valence-corrected chi connectivity index (χ1v) is 11.9. The summed E-state index contributed by atoms with van der Waals surface area (Å²) in [5.74, 6) is -2.58. The van der Waals surface area contributed by atoms with Gasteiger partial charge in [0.1, 0.15) is 23.0 Å². The molecule has 0 saturated heterocycles. The molecule has 0 fully saturated rings. The summed E-state index contributed by atoms with van der Waals surface area (Å²) in [5, 5.41) is 5.06. The van der Waals surface area contributed by atoms with E-state index in [1.165, 1.54) is 36.5 Å². The standard InChI is InChI=1S/C27H17Cl2F6N3O/c28-18-5-7-24(36-14-18)26(13-15-4-6-20(31)12-23(15)29,16-8-17(27(33,34)35)10-21(32)9-16)38-25(39)37-22-3-1-2-19(30)11-22/h1-12,14H,13H2,(H2,37,38,39). The lowest BCUT2D eigenvalue weighted by Crippen LogP contribution is -2.51. The zero-order chi connectivity index (χ0) is 28.4. The number of nitrogens with zero attached hydrogens (tertiary/aromatic N) is 1. The van der Waals surface area contributed by atoms with Gasteiger partial charge in [0.25, 0.3) is 0 Å². The molecule has 0 aliphatic rings. The normalized spacial score (nSPS) is 13.0. The summed E-state index contributed by atoms with van der Waals surface area (Å²) in [5.41, 5.74) is -3.50. The Balaban J connectivity index is 1.94. The highest BCUT2D eigenvalue weighted by Gasteiger charge is 2.41. The number of benzene rings is 3. The summed E-state index contributed by atoms with van der Waals surface area (Å²) in [6.07, 6.45) is -4.14. The lowest BCUT2D eigenvalue weighted by Gasteiger charge is -2.36. The zero-order valence-electron chi connectivity index (χ0n) is 19.6. The molecule has 2 N–H and O–H groups in total. The molecule has 0 aliphatic heterocycles. The summed E-state index contributed by atoms with van der Waals surface area (Å²) in [7, 11) is 0. The maximum absolute atomic E-state index is 14.7. The van der Waals surface area contributed by atoms with Crippen LogP contribution in [0.2, 0.25) is 10.0 Å². The van der Waals surface area contributed by atoms with Crippen LogP contribution in [0.25, 0.3) is 0 Å². The number of nitrogens with one attached hydrogen (secondary N) is 2. The maximum Gasteiger partial charge on any atom is 0.416 e. The first kappa shape index (κ1) is 28.3. The molecule has 12 heteroatoms. The molecular formula is C27H17Cl2F6N3O. The van der Waals surface area contributed by atoms with Crippen LogP contribution in [0.3, 0.4) is 0 Å². The fraction of sp³-hybridized carbons (Fsp3) is 0.111. The van der Waals surface area contributed by atoms with Gasteiger partial charge in [0.05, 0.1) is 16.3 Å². The van der Waals surface area contributed by atoms with Crippen molar-refractivity contribution in [1.82, 2.24) is 10.3 Å². The van der Waals surface area contributed by atoms with E-state index in [0.717, 1.165) is 30.3 Å². The number of alkyl halides is 3. The zero-order valence-corrected chi connectivity index (χ0v) is 21.1. The van der Waals surface area contributed by atoms with Crippen molar-refractivity contribution in [2.24, 2.45) is 0 Å². The smallest absolute Gasteiger partial charge is 0.322 e. The number of halogens is 8. The minimum Gasteiger partial charge on any atom is -0.322 e. The molecule has 1 atom stereocenters. The summed E-state index contributed by atoms with van der Waals surface area (Å²) >= 11 is 12.2. The van der Waals surface area contributed by atoms with E-state index < -0.39 is 47.2 Å². The Hall–Kier alpha value is -3.76. The Labute approximate surface area is 228 Å². The van der Waals surface area contributed by atoms with Crippen LogP contribution in [-0.2, 0) is 18.1 Å². The topological polar surface area (TPSA) is 54.0 Å². The van der Waals surface area contributed by atoms with Gasteiger partial charge in [-0.3, -0.25) is 4.98 Å². The summed E-state index contributed by atoms with van der Waals surface area (Å²) < 4.78 is 83.3. The van der Waals surface area contributed by atoms with Crippen LogP contribution in [0, 0.1) is 17.5 Å². The highest BCUT2D eigenvalue weighted by atomic mass is 35.5. The van der Waals surface area contributed by atoms with Crippen LogP contribution in [0.1, 0.15) is 22.4 Å². The summed E-state index contributed by atoms with van der Waals surface area (Å²) in [4.78, 5) is 17.5. The monoisotopic (exact) mass is 583 g/mol. The lowest BCUT2D eigenvalue weighted by atomic mass is 9.79. The van der Waals surface area contributed by atoms with Crippen LogP contribution >= 0.6 is 23.2 Å². The molecule has 4 nitrogen and oxygen atoms in total. The van der Waals surface area contributed by atoms with Gasteiger partial charge < -0.3 is 10.6 Å². The molecule has 3 aromatic carbocycles. The third kappa shape index (κ3) is 6.63. The summed E-state index contributed by atoms with van der Waals surface area (Å²) in [6, 6.07) is 11.7. The van der Waals surface area contributed by atoms with E-state index in [2.05, 4.69) is 15.6 Å². The Morgan fingerprint density at radius 2 is 1.54 bits per heavy atom. The molecule has 1 unspecified atom stereocenters. The van der Waals surface area contributed by atoms with Crippen molar-refractivity contribution in [2.75, 3.05) is 5.32 Å². The van der Waals surface area contributed by atoms with E-state index in [1.54, 1.807) is 0 Å². The van der Waals surface area contributed by atoms with Crippen LogP contribution in [0.4, 0.5) is 36.8 Å². The first-order valence-electron chi connectivity index (χ1n) is 11.1. The van der Waals surface area contributed by atoms with Crippen molar-refractivity contribution in [3.63, 3.8) is 0 Å². The largest absolute Gasteiger partial charge is 0.416 e. The van der Waals surface area contributed by atoms with Gasteiger partial charge in [0, 0.05) is 23.3 Å². The Bertz CT molecular complexity index is 1510. The first-order chi connectivity index (χ1) is 18.4. The van der Waals surface area contributed by atoms with Crippen molar-refractivity contribution >= 4 is 34.9 Å². The maximum atomic E-state index is 14.7.